The number of aromatic nitrogens is 2. The lowest BCUT2D eigenvalue weighted by atomic mass is 10.2. The molecular weight excluding hydrogens is 347 g/mol. The molecule has 1 aliphatic heterocycles. The Morgan fingerprint density at radius 2 is 2.27 bits per heavy atom. The maximum absolute atomic E-state index is 13.9. The second-order valence-electron chi connectivity index (χ2n) is 5.62. The van der Waals surface area contributed by atoms with Crippen LogP contribution in [0.4, 0.5) is 10.3 Å². The number of likely N-dealkylation sites (tertiary alicyclic amines) is 1. The van der Waals surface area contributed by atoms with E-state index < -0.39 is 0 Å². The van der Waals surface area contributed by atoms with Gasteiger partial charge in [0.25, 0.3) is 0 Å². The van der Waals surface area contributed by atoms with E-state index in [4.69, 9.17) is 0 Å². The molecule has 2 heterocycles. The Kier molecular flexibility index (Phi) is 4.69. The summed E-state index contributed by atoms with van der Waals surface area (Å²) < 4.78 is 14.7. The number of hydrogen-bond acceptors (Lipinski definition) is 4. The van der Waals surface area contributed by atoms with Gasteiger partial charge in [0.1, 0.15) is 5.82 Å². The van der Waals surface area contributed by atoms with Crippen molar-refractivity contribution >= 4 is 21.9 Å². The van der Waals surface area contributed by atoms with Gasteiger partial charge in [-0.05, 0) is 31.5 Å². The first-order valence-electron chi connectivity index (χ1n) is 7.32. The zero-order valence-electron chi connectivity index (χ0n) is 12.4. The van der Waals surface area contributed by atoms with Crippen LogP contribution in [-0.2, 0) is 6.54 Å². The Morgan fingerprint density at radius 3 is 3.05 bits per heavy atom. The Morgan fingerprint density at radius 1 is 1.41 bits per heavy atom. The minimum atomic E-state index is -0.159. The van der Waals surface area contributed by atoms with Crippen LogP contribution in [0, 0.1) is 12.7 Å². The molecule has 3 rings (SSSR count). The highest BCUT2D eigenvalue weighted by Gasteiger charge is 2.23. The number of aryl methyl sites for hydroxylation is 1. The number of benzene rings is 1. The average Bonchev–Trinajstić information content (AvgIpc) is 2.89. The van der Waals surface area contributed by atoms with E-state index in [9.17, 15) is 4.39 Å². The van der Waals surface area contributed by atoms with Crippen LogP contribution in [0.15, 0.2) is 34.9 Å². The van der Waals surface area contributed by atoms with Crippen LogP contribution in [0.5, 0.6) is 0 Å². The van der Waals surface area contributed by atoms with E-state index in [1.54, 1.807) is 6.20 Å². The van der Waals surface area contributed by atoms with Crippen molar-refractivity contribution in [1.29, 1.82) is 0 Å². The van der Waals surface area contributed by atoms with Crippen LogP contribution in [0.25, 0.3) is 0 Å². The molecule has 22 heavy (non-hydrogen) atoms. The van der Waals surface area contributed by atoms with E-state index in [0.717, 1.165) is 35.2 Å². The third kappa shape index (κ3) is 3.81. The van der Waals surface area contributed by atoms with Crippen LogP contribution >= 0.6 is 15.9 Å². The fourth-order valence-electron chi connectivity index (χ4n) is 2.69. The van der Waals surface area contributed by atoms with Gasteiger partial charge in [-0.1, -0.05) is 22.0 Å². The van der Waals surface area contributed by atoms with Crippen molar-refractivity contribution in [2.75, 3.05) is 18.4 Å². The molecule has 1 unspecified atom stereocenters. The summed E-state index contributed by atoms with van der Waals surface area (Å²) in [5.74, 6) is 0.509. The smallest absolute Gasteiger partial charge is 0.223 e. The summed E-state index contributed by atoms with van der Waals surface area (Å²) in [4.78, 5) is 10.8. The summed E-state index contributed by atoms with van der Waals surface area (Å²) in [5, 5.41) is 3.36. The van der Waals surface area contributed by atoms with Gasteiger partial charge in [0.15, 0.2) is 0 Å². The summed E-state index contributed by atoms with van der Waals surface area (Å²) >= 11 is 3.28. The van der Waals surface area contributed by atoms with Gasteiger partial charge < -0.3 is 5.32 Å². The summed E-state index contributed by atoms with van der Waals surface area (Å²) in [6.45, 7) is 4.39. The van der Waals surface area contributed by atoms with E-state index in [0.29, 0.717) is 18.5 Å². The SMILES string of the molecule is Cc1ccnc(NC2CCN(Cc3ccc(Br)cc3F)C2)n1. The van der Waals surface area contributed by atoms with E-state index in [2.05, 4.69) is 36.1 Å². The van der Waals surface area contributed by atoms with Crippen LogP contribution in [0.1, 0.15) is 17.7 Å². The monoisotopic (exact) mass is 364 g/mol. The minimum Gasteiger partial charge on any atom is -0.350 e. The first-order chi connectivity index (χ1) is 10.6. The second-order valence-corrected chi connectivity index (χ2v) is 6.54. The molecule has 1 aliphatic rings. The summed E-state index contributed by atoms with van der Waals surface area (Å²) in [7, 11) is 0. The molecule has 0 aliphatic carbocycles. The maximum Gasteiger partial charge on any atom is 0.223 e. The zero-order valence-corrected chi connectivity index (χ0v) is 14.0. The number of hydrogen-bond donors (Lipinski definition) is 1. The molecule has 116 valence electrons. The molecule has 0 radical (unpaired) electrons. The van der Waals surface area contributed by atoms with Gasteiger partial charge in [-0.15, -0.1) is 0 Å². The highest BCUT2D eigenvalue weighted by molar-refractivity contribution is 9.10. The lowest BCUT2D eigenvalue weighted by molar-refractivity contribution is 0.322. The number of halogens is 2. The molecule has 1 aromatic carbocycles. The fraction of sp³-hybridized carbons (Fsp3) is 0.375. The normalized spacial score (nSPS) is 18.6. The zero-order chi connectivity index (χ0) is 15.5. The number of nitrogens with one attached hydrogen (secondary N) is 1. The van der Waals surface area contributed by atoms with Gasteiger partial charge in [0.2, 0.25) is 5.95 Å². The second kappa shape index (κ2) is 6.71. The summed E-state index contributed by atoms with van der Waals surface area (Å²) in [6.07, 6.45) is 2.77. The molecule has 6 heteroatoms. The van der Waals surface area contributed by atoms with E-state index >= 15 is 0 Å². The molecule has 0 saturated carbocycles. The predicted octanol–water partition coefficient (Wildman–Crippen LogP) is 3.37. The van der Waals surface area contributed by atoms with Crippen LogP contribution in [0.3, 0.4) is 0 Å². The highest BCUT2D eigenvalue weighted by Crippen LogP contribution is 2.20. The van der Waals surface area contributed by atoms with Gasteiger partial charge in [0, 0.05) is 47.6 Å². The molecule has 4 nitrogen and oxygen atoms in total. The van der Waals surface area contributed by atoms with E-state index in [1.807, 2.05) is 25.1 Å². The third-order valence-electron chi connectivity index (χ3n) is 3.81. The molecule has 1 N–H and O–H groups in total. The lowest BCUT2D eigenvalue weighted by Gasteiger charge is -2.17. The standard InChI is InChI=1S/C16H18BrFN4/c1-11-4-6-19-16(20-11)21-14-5-7-22(10-14)9-12-2-3-13(17)8-15(12)18/h2-4,6,8,14H,5,7,9-10H2,1H3,(H,19,20,21). The Bertz CT molecular complexity index is 664. The van der Waals surface area contributed by atoms with Crippen molar-refractivity contribution < 1.29 is 4.39 Å². The van der Waals surface area contributed by atoms with Crippen molar-refractivity contribution in [3.63, 3.8) is 0 Å². The average molecular weight is 365 g/mol. The molecular formula is C16H18BrFN4. The lowest BCUT2D eigenvalue weighted by Crippen LogP contribution is -2.27. The fourth-order valence-corrected chi connectivity index (χ4v) is 3.02. The quantitative estimate of drug-likeness (QED) is 0.902. The first-order valence-corrected chi connectivity index (χ1v) is 8.12. The highest BCUT2D eigenvalue weighted by atomic mass is 79.9. The molecule has 0 bridgehead atoms. The Hall–Kier alpha value is -1.53. The van der Waals surface area contributed by atoms with Gasteiger partial charge in [0.05, 0.1) is 0 Å². The van der Waals surface area contributed by atoms with Gasteiger partial charge in [-0.25, -0.2) is 14.4 Å². The summed E-state index contributed by atoms with van der Waals surface area (Å²) in [6, 6.07) is 7.42. The molecule has 1 fully saturated rings. The molecule has 0 spiro atoms. The predicted molar refractivity (Wildman–Crippen MR) is 88.2 cm³/mol. The van der Waals surface area contributed by atoms with Crippen molar-refractivity contribution in [1.82, 2.24) is 14.9 Å². The van der Waals surface area contributed by atoms with Crippen molar-refractivity contribution in [2.45, 2.75) is 25.9 Å². The van der Waals surface area contributed by atoms with Gasteiger partial charge in [-0.2, -0.15) is 0 Å². The largest absolute Gasteiger partial charge is 0.350 e. The molecule has 1 saturated heterocycles. The van der Waals surface area contributed by atoms with Crippen molar-refractivity contribution in [3.8, 4) is 0 Å². The van der Waals surface area contributed by atoms with Crippen LogP contribution in [-0.4, -0.2) is 34.0 Å². The van der Waals surface area contributed by atoms with Crippen LogP contribution in [0.2, 0.25) is 0 Å². The molecule has 2 aromatic rings. The topological polar surface area (TPSA) is 41.1 Å². The Labute approximate surface area is 137 Å². The number of nitrogens with zero attached hydrogens (tertiary/aromatic N) is 3. The molecule has 1 atom stereocenters. The number of anilines is 1. The van der Waals surface area contributed by atoms with Crippen molar-refractivity contribution in [3.05, 3.63) is 52.0 Å². The minimum absolute atomic E-state index is 0.159. The van der Waals surface area contributed by atoms with E-state index in [-0.39, 0.29) is 5.82 Å². The van der Waals surface area contributed by atoms with Crippen molar-refractivity contribution in [2.24, 2.45) is 0 Å². The first kappa shape index (κ1) is 15.4. The van der Waals surface area contributed by atoms with Crippen LogP contribution < -0.4 is 5.32 Å². The maximum atomic E-state index is 13.9. The Balaban J connectivity index is 1.58. The third-order valence-corrected chi connectivity index (χ3v) is 4.30. The molecule has 0 amide bonds. The van der Waals surface area contributed by atoms with E-state index in [1.165, 1.54) is 6.07 Å². The number of rotatable bonds is 4. The summed E-state index contributed by atoms with van der Waals surface area (Å²) in [5.41, 5.74) is 1.68. The van der Waals surface area contributed by atoms with Gasteiger partial charge >= 0.3 is 0 Å². The van der Waals surface area contributed by atoms with Gasteiger partial charge in [-0.3, -0.25) is 4.90 Å². The molecule has 1 aromatic heterocycles.